The summed E-state index contributed by atoms with van der Waals surface area (Å²) in [5.41, 5.74) is 2.51. The van der Waals surface area contributed by atoms with Gasteiger partial charge in [-0.2, -0.15) is 4.39 Å². The first-order valence-corrected chi connectivity index (χ1v) is 5.46. The third-order valence-corrected chi connectivity index (χ3v) is 3.01. The molecule has 0 aliphatic heterocycles. The van der Waals surface area contributed by atoms with Gasteiger partial charge in [0.05, 0.1) is 7.11 Å². The Labute approximate surface area is 104 Å². The molecule has 88 valence electrons. The van der Waals surface area contributed by atoms with Gasteiger partial charge < -0.3 is 4.74 Å². The molecule has 2 rings (SSSR count). The average Bonchev–Trinajstić information content (AvgIpc) is 2.34. The van der Waals surface area contributed by atoms with Crippen molar-refractivity contribution < 1.29 is 9.13 Å². The first-order valence-electron chi connectivity index (χ1n) is 5.08. The van der Waals surface area contributed by atoms with Crippen LogP contribution in [0, 0.1) is 12.9 Å². The fourth-order valence-corrected chi connectivity index (χ4v) is 1.87. The Morgan fingerprint density at radius 1 is 1.24 bits per heavy atom. The molecule has 4 heteroatoms. The molecule has 0 aliphatic rings. The molecule has 1 heterocycles. The number of hydrogen-bond donors (Lipinski definition) is 0. The molecule has 2 aromatic rings. The van der Waals surface area contributed by atoms with Crippen LogP contribution < -0.4 is 4.74 Å². The molecule has 0 aliphatic carbocycles. The van der Waals surface area contributed by atoms with Crippen molar-refractivity contribution in [3.05, 3.63) is 47.0 Å². The summed E-state index contributed by atoms with van der Waals surface area (Å²) in [5.74, 6) is 0.188. The minimum absolute atomic E-state index is 0.507. The zero-order chi connectivity index (χ0) is 12.4. The second kappa shape index (κ2) is 4.72. The lowest BCUT2D eigenvalue weighted by molar-refractivity contribution is 0.416. The van der Waals surface area contributed by atoms with Crippen LogP contribution >= 0.6 is 11.6 Å². The van der Waals surface area contributed by atoms with Crippen molar-refractivity contribution in [3.8, 4) is 16.9 Å². The van der Waals surface area contributed by atoms with Gasteiger partial charge in [-0.25, -0.2) is 4.98 Å². The molecule has 17 heavy (non-hydrogen) atoms. The summed E-state index contributed by atoms with van der Waals surface area (Å²) < 4.78 is 18.1. The molecule has 0 atom stereocenters. The van der Waals surface area contributed by atoms with Gasteiger partial charge in [0.15, 0.2) is 0 Å². The maximum absolute atomic E-state index is 12.8. The van der Waals surface area contributed by atoms with E-state index >= 15 is 0 Å². The number of nitrogens with zero attached hydrogens (tertiary/aromatic N) is 1. The third kappa shape index (κ3) is 2.24. The highest BCUT2D eigenvalue weighted by Gasteiger charge is 2.12. The molecule has 0 amide bonds. The Bertz CT molecular complexity index is 540. The first kappa shape index (κ1) is 11.9. The quantitative estimate of drug-likeness (QED) is 0.756. The third-order valence-electron chi connectivity index (χ3n) is 2.60. The van der Waals surface area contributed by atoms with Gasteiger partial charge >= 0.3 is 0 Å². The van der Waals surface area contributed by atoms with Crippen molar-refractivity contribution in [1.82, 2.24) is 4.98 Å². The van der Waals surface area contributed by atoms with Crippen LogP contribution in [-0.2, 0) is 0 Å². The van der Waals surface area contributed by atoms with E-state index in [0.717, 1.165) is 16.7 Å². The number of ether oxygens (including phenoxy) is 1. The molecule has 0 fully saturated rings. The second-order valence-electron chi connectivity index (χ2n) is 3.62. The first-order chi connectivity index (χ1) is 8.13. The van der Waals surface area contributed by atoms with E-state index in [0.29, 0.717) is 10.8 Å². The molecule has 0 bridgehead atoms. The molecular weight excluding hydrogens is 241 g/mol. The van der Waals surface area contributed by atoms with Crippen LogP contribution in [0.5, 0.6) is 5.75 Å². The van der Waals surface area contributed by atoms with E-state index < -0.39 is 5.95 Å². The van der Waals surface area contributed by atoms with Crippen molar-refractivity contribution in [2.75, 3.05) is 7.11 Å². The molecular formula is C13H11ClFNO. The van der Waals surface area contributed by atoms with E-state index in [9.17, 15) is 4.39 Å². The minimum Gasteiger partial charge on any atom is -0.496 e. The molecule has 0 spiro atoms. The molecule has 0 saturated heterocycles. The predicted molar refractivity (Wildman–Crippen MR) is 65.9 cm³/mol. The monoisotopic (exact) mass is 251 g/mol. The highest BCUT2D eigenvalue weighted by Crippen LogP contribution is 2.36. The molecule has 1 aromatic carbocycles. The predicted octanol–water partition coefficient (Wildman–Crippen LogP) is 3.86. The van der Waals surface area contributed by atoms with Crippen molar-refractivity contribution in [2.45, 2.75) is 6.92 Å². The normalized spacial score (nSPS) is 10.4. The van der Waals surface area contributed by atoms with Gasteiger partial charge in [-0.1, -0.05) is 11.6 Å². The molecule has 0 radical (unpaired) electrons. The molecule has 0 saturated carbocycles. The lowest BCUT2D eigenvalue weighted by Crippen LogP contribution is -1.93. The molecule has 0 unspecified atom stereocenters. The van der Waals surface area contributed by atoms with Crippen LogP contribution in [0.25, 0.3) is 11.1 Å². The standard InChI is InChI=1S/C13H11ClFNO/c1-8-10(14)4-5-11(17-2)13(8)9-3-6-12(15)16-7-9/h3-7H,1-2H3. The smallest absolute Gasteiger partial charge is 0.212 e. The van der Waals surface area contributed by atoms with Crippen LogP contribution in [0.3, 0.4) is 0 Å². The highest BCUT2D eigenvalue weighted by atomic mass is 35.5. The summed E-state index contributed by atoms with van der Waals surface area (Å²) >= 11 is 6.07. The summed E-state index contributed by atoms with van der Waals surface area (Å²) in [7, 11) is 1.59. The van der Waals surface area contributed by atoms with Crippen LogP contribution in [0.4, 0.5) is 4.39 Å². The van der Waals surface area contributed by atoms with Gasteiger partial charge in [0, 0.05) is 22.3 Å². The van der Waals surface area contributed by atoms with Crippen molar-refractivity contribution in [3.63, 3.8) is 0 Å². The summed E-state index contributed by atoms with van der Waals surface area (Å²) in [6.45, 7) is 1.89. The lowest BCUT2D eigenvalue weighted by atomic mass is 10.0. The number of rotatable bonds is 2. The lowest BCUT2D eigenvalue weighted by Gasteiger charge is -2.12. The zero-order valence-corrected chi connectivity index (χ0v) is 10.3. The van der Waals surface area contributed by atoms with Crippen molar-refractivity contribution in [1.29, 1.82) is 0 Å². The topological polar surface area (TPSA) is 22.1 Å². The fourth-order valence-electron chi connectivity index (χ4n) is 1.71. The fraction of sp³-hybridized carbons (Fsp3) is 0.154. The zero-order valence-electron chi connectivity index (χ0n) is 9.50. The summed E-state index contributed by atoms with van der Waals surface area (Å²) in [4.78, 5) is 3.64. The van der Waals surface area contributed by atoms with Gasteiger partial charge in [0.25, 0.3) is 0 Å². The Hall–Kier alpha value is -1.61. The van der Waals surface area contributed by atoms with Gasteiger partial charge in [-0.3, -0.25) is 0 Å². The van der Waals surface area contributed by atoms with E-state index in [1.165, 1.54) is 12.3 Å². The summed E-state index contributed by atoms with van der Waals surface area (Å²) in [5, 5.41) is 0.644. The van der Waals surface area contributed by atoms with Gasteiger partial charge in [0.1, 0.15) is 5.75 Å². The van der Waals surface area contributed by atoms with E-state index in [-0.39, 0.29) is 0 Å². The Morgan fingerprint density at radius 3 is 2.59 bits per heavy atom. The summed E-state index contributed by atoms with van der Waals surface area (Å²) in [6.07, 6.45) is 1.47. The SMILES string of the molecule is COc1ccc(Cl)c(C)c1-c1ccc(F)nc1. The Balaban J connectivity index is 2.64. The van der Waals surface area contributed by atoms with Crippen LogP contribution in [0.15, 0.2) is 30.5 Å². The number of benzene rings is 1. The maximum Gasteiger partial charge on any atom is 0.212 e. The van der Waals surface area contributed by atoms with E-state index in [2.05, 4.69) is 4.98 Å². The van der Waals surface area contributed by atoms with E-state index in [1.807, 2.05) is 6.92 Å². The second-order valence-corrected chi connectivity index (χ2v) is 4.03. The Kier molecular flexibility index (Phi) is 3.29. The van der Waals surface area contributed by atoms with Crippen LogP contribution in [0.1, 0.15) is 5.56 Å². The average molecular weight is 252 g/mol. The largest absolute Gasteiger partial charge is 0.496 e. The van der Waals surface area contributed by atoms with Gasteiger partial charge in [0.2, 0.25) is 5.95 Å². The van der Waals surface area contributed by atoms with Crippen molar-refractivity contribution in [2.24, 2.45) is 0 Å². The Morgan fingerprint density at radius 2 is 2.00 bits per heavy atom. The number of pyridine rings is 1. The number of hydrogen-bond acceptors (Lipinski definition) is 2. The van der Waals surface area contributed by atoms with Gasteiger partial charge in [-0.15, -0.1) is 0 Å². The number of halogens is 2. The van der Waals surface area contributed by atoms with Crippen LogP contribution in [-0.4, -0.2) is 12.1 Å². The highest BCUT2D eigenvalue weighted by molar-refractivity contribution is 6.31. The van der Waals surface area contributed by atoms with E-state index in [4.69, 9.17) is 16.3 Å². The van der Waals surface area contributed by atoms with E-state index in [1.54, 1.807) is 25.3 Å². The molecule has 2 nitrogen and oxygen atoms in total. The van der Waals surface area contributed by atoms with Gasteiger partial charge in [-0.05, 0) is 36.8 Å². The van der Waals surface area contributed by atoms with Crippen LogP contribution in [0.2, 0.25) is 5.02 Å². The van der Waals surface area contributed by atoms with Crippen molar-refractivity contribution >= 4 is 11.6 Å². The number of aromatic nitrogens is 1. The number of methoxy groups -OCH3 is 1. The maximum atomic E-state index is 12.8. The summed E-state index contributed by atoms with van der Waals surface area (Å²) in [6, 6.07) is 6.53. The molecule has 1 aromatic heterocycles. The minimum atomic E-state index is -0.507. The molecule has 0 N–H and O–H groups in total.